The lowest BCUT2D eigenvalue weighted by atomic mass is 9.96. The molecule has 116 valence electrons. The molecule has 1 aliphatic heterocycles. The van der Waals surface area contributed by atoms with Crippen LogP contribution in [0.5, 0.6) is 0 Å². The molecule has 0 spiro atoms. The van der Waals surface area contributed by atoms with Crippen LogP contribution in [0.4, 0.5) is 13.2 Å². The summed E-state index contributed by atoms with van der Waals surface area (Å²) in [5, 5.41) is 0. The van der Waals surface area contributed by atoms with Crippen molar-refractivity contribution in [3.8, 4) is 0 Å². The van der Waals surface area contributed by atoms with Crippen molar-refractivity contribution in [2.75, 3.05) is 26.7 Å². The zero-order valence-electron chi connectivity index (χ0n) is 11.8. The van der Waals surface area contributed by atoms with Crippen LogP contribution in [-0.2, 0) is 15.7 Å². The Morgan fingerprint density at radius 2 is 2.00 bits per heavy atom. The molecule has 1 atom stereocenters. The first kappa shape index (κ1) is 15.8. The van der Waals surface area contributed by atoms with Gasteiger partial charge in [-0.15, -0.1) is 0 Å². The van der Waals surface area contributed by atoms with E-state index >= 15 is 0 Å². The fraction of sp³-hybridized carbons (Fsp3) is 0.533. The molecule has 1 aliphatic rings. The van der Waals surface area contributed by atoms with Gasteiger partial charge in [0.25, 0.3) is 0 Å². The number of ether oxygens (including phenoxy) is 1. The minimum absolute atomic E-state index is 0.351. The molecule has 1 heterocycles. The summed E-state index contributed by atoms with van der Waals surface area (Å²) in [5.74, 6) is -1.18. The summed E-state index contributed by atoms with van der Waals surface area (Å²) >= 11 is 0. The summed E-state index contributed by atoms with van der Waals surface area (Å²) in [7, 11) is 1.26. The van der Waals surface area contributed by atoms with Gasteiger partial charge in [0, 0.05) is 6.54 Å². The second kappa shape index (κ2) is 6.47. The van der Waals surface area contributed by atoms with E-state index in [9.17, 15) is 18.0 Å². The van der Waals surface area contributed by atoms with E-state index in [1.165, 1.54) is 13.2 Å². The topological polar surface area (TPSA) is 29.5 Å². The third-order valence-corrected chi connectivity index (χ3v) is 3.74. The van der Waals surface area contributed by atoms with Gasteiger partial charge in [0.1, 0.15) is 0 Å². The first-order chi connectivity index (χ1) is 9.91. The number of methoxy groups -OCH3 is 1. The van der Waals surface area contributed by atoms with Crippen molar-refractivity contribution in [2.24, 2.45) is 0 Å². The third kappa shape index (κ3) is 3.97. The van der Waals surface area contributed by atoms with Gasteiger partial charge in [-0.25, -0.2) is 0 Å². The molecule has 0 saturated carbocycles. The molecule has 1 aromatic carbocycles. The van der Waals surface area contributed by atoms with Crippen molar-refractivity contribution in [1.82, 2.24) is 4.90 Å². The Balaban J connectivity index is 2.25. The normalized spacial score (nSPS) is 17.7. The number of hydrogen-bond donors (Lipinski definition) is 0. The Bertz CT molecular complexity index is 496. The maximum Gasteiger partial charge on any atom is 0.416 e. The van der Waals surface area contributed by atoms with E-state index in [-0.39, 0.29) is 0 Å². The number of benzene rings is 1. The molecule has 6 heteroatoms. The van der Waals surface area contributed by atoms with E-state index in [1.807, 2.05) is 0 Å². The van der Waals surface area contributed by atoms with Crippen LogP contribution in [0.25, 0.3) is 0 Å². The van der Waals surface area contributed by atoms with Crippen molar-refractivity contribution < 1.29 is 22.7 Å². The third-order valence-electron chi connectivity index (χ3n) is 3.74. The Morgan fingerprint density at radius 3 is 2.57 bits per heavy atom. The molecule has 0 aromatic heterocycles. The number of hydrogen-bond acceptors (Lipinski definition) is 3. The molecule has 1 fully saturated rings. The maximum absolute atomic E-state index is 12.8. The van der Waals surface area contributed by atoms with E-state index in [0.29, 0.717) is 12.1 Å². The number of rotatable bonds is 4. The molecular weight excluding hydrogens is 283 g/mol. The Labute approximate surface area is 121 Å². The zero-order chi connectivity index (χ0) is 15.5. The predicted molar refractivity (Wildman–Crippen MR) is 71.9 cm³/mol. The highest BCUT2D eigenvalue weighted by Crippen LogP contribution is 2.31. The minimum Gasteiger partial charge on any atom is -0.469 e. The lowest BCUT2D eigenvalue weighted by Crippen LogP contribution is -2.30. The van der Waals surface area contributed by atoms with Crippen LogP contribution in [0, 0.1) is 0 Å². The number of carbonyl (C=O) groups excluding carboxylic acids is 1. The van der Waals surface area contributed by atoms with Gasteiger partial charge in [-0.3, -0.25) is 4.79 Å². The number of likely N-dealkylation sites (tertiary alicyclic amines) is 1. The van der Waals surface area contributed by atoms with Crippen LogP contribution in [0.1, 0.15) is 29.9 Å². The summed E-state index contributed by atoms with van der Waals surface area (Å²) in [6.45, 7) is 2.13. The van der Waals surface area contributed by atoms with E-state index in [2.05, 4.69) is 4.90 Å². The molecule has 1 unspecified atom stereocenters. The molecule has 0 radical (unpaired) electrons. The van der Waals surface area contributed by atoms with Gasteiger partial charge >= 0.3 is 12.1 Å². The Kier molecular flexibility index (Phi) is 4.88. The van der Waals surface area contributed by atoms with Gasteiger partial charge < -0.3 is 9.64 Å². The van der Waals surface area contributed by atoms with Crippen LogP contribution < -0.4 is 0 Å². The highest BCUT2D eigenvalue weighted by atomic mass is 19.4. The summed E-state index contributed by atoms with van der Waals surface area (Å²) in [5.41, 5.74) is -0.390. The van der Waals surface area contributed by atoms with Gasteiger partial charge in [-0.2, -0.15) is 13.2 Å². The minimum atomic E-state index is -4.41. The quantitative estimate of drug-likeness (QED) is 0.801. The first-order valence-corrected chi connectivity index (χ1v) is 6.89. The molecule has 0 amide bonds. The summed E-state index contributed by atoms with van der Waals surface area (Å²) in [6.07, 6.45) is -2.31. The van der Waals surface area contributed by atoms with Crippen LogP contribution in [0.15, 0.2) is 24.3 Å². The molecule has 21 heavy (non-hydrogen) atoms. The summed E-state index contributed by atoms with van der Waals surface area (Å²) in [4.78, 5) is 14.0. The number of alkyl halides is 3. The van der Waals surface area contributed by atoms with Crippen molar-refractivity contribution in [3.05, 3.63) is 35.4 Å². The first-order valence-electron chi connectivity index (χ1n) is 6.89. The molecule has 2 rings (SSSR count). The summed E-state index contributed by atoms with van der Waals surface area (Å²) in [6, 6.07) is 4.93. The van der Waals surface area contributed by atoms with E-state index in [0.717, 1.165) is 38.1 Å². The highest BCUT2D eigenvalue weighted by Gasteiger charge is 2.32. The van der Waals surface area contributed by atoms with Gasteiger partial charge in [0.15, 0.2) is 0 Å². The van der Waals surface area contributed by atoms with Crippen LogP contribution in [0.2, 0.25) is 0 Å². The summed E-state index contributed by atoms with van der Waals surface area (Å²) < 4.78 is 43.1. The fourth-order valence-electron chi connectivity index (χ4n) is 2.61. The van der Waals surface area contributed by atoms with Crippen LogP contribution >= 0.6 is 0 Å². The number of halogens is 3. The van der Waals surface area contributed by atoms with Gasteiger partial charge in [-0.05, 0) is 37.6 Å². The number of nitrogens with zero attached hydrogens (tertiary/aromatic N) is 1. The monoisotopic (exact) mass is 301 g/mol. The van der Waals surface area contributed by atoms with Gasteiger partial charge in [0.2, 0.25) is 0 Å². The van der Waals surface area contributed by atoms with E-state index in [4.69, 9.17) is 4.74 Å². The van der Waals surface area contributed by atoms with E-state index < -0.39 is 23.6 Å². The smallest absolute Gasteiger partial charge is 0.416 e. The zero-order valence-corrected chi connectivity index (χ0v) is 11.8. The second-order valence-electron chi connectivity index (χ2n) is 5.21. The van der Waals surface area contributed by atoms with Gasteiger partial charge in [-0.1, -0.05) is 18.2 Å². The van der Waals surface area contributed by atoms with Crippen LogP contribution in [-0.4, -0.2) is 37.6 Å². The molecule has 1 aromatic rings. The van der Waals surface area contributed by atoms with Crippen molar-refractivity contribution in [3.63, 3.8) is 0 Å². The average Bonchev–Trinajstić information content (AvgIpc) is 2.96. The molecule has 1 saturated heterocycles. The predicted octanol–water partition coefficient (Wildman–Crippen LogP) is 3.06. The van der Waals surface area contributed by atoms with Crippen LogP contribution in [0.3, 0.4) is 0 Å². The molecular formula is C15H18F3NO2. The van der Waals surface area contributed by atoms with E-state index in [1.54, 1.807) is 6.07 Å². The highest BCUT2D eigenvalue weighted by molar-refractivity contribution is 5.78. The Morgan fingerprint density at radius 1 is 1.33 bits per heavy atom. The Hall–Kier alpha value is -1.56. The molecule has 0 N–H and O–H groups in total. The average molecular weight is 301 g/mol. The molecule has 3 nitrogen and oxygen atoms in total. The molecule has 0 bridgehead atoms. The van der Waals surface area contributed by atoms with Gasteiger partial charge in [0.05, 0.1) is 18.6 Å². The fourth-order valence-corrected chi connectivity index (χ4v) is 2.61. The van der Waals surface area contributed by atoms with Crippen molar-refractivity contribution >= 4 is 5.97 Å². The standard InChI is InChI=1S/C15H18F3NO2/c1-21-14(20)13(10-19-7-2-3-8-19)11-5-4-6-12(9-11)15(16,17)18/h4-6,9,13H,2-3,7-8,10H2,1H3. The lowest BCUT2D eigenvalue weighted by molar-refractivity contribution is -0.143. The lowest BCUT2D eigenvalue weighted by Gasteiger charge is -2.22. The SMILES string of the molecule is COC(=O)C(CN1CCCC1)c1cccc(C(F)(F)F)c1. The number of carbonyl (C=O) groups is 1. The maximum atomic E-state index is 12.8. The second-order valence-corrected chi connectivity index (χ2v) is 5.21. The largest absolute Gasteiger partial charge is 0.469 e. The van der Waals surface area contributed by atoms with Crippen molar-refractivity contribution in [2.45, 2.75) is 24.9 Å². The van der Waals surface area contributed by atoms with Crippen molar-refractivity contribution in [1.29, 1.82) is 0 Å². The molecule has 0 aliphatic carbocycles. The number of esters is 1.